The van der Waals surface area contributed by atoms with E-state index in [1.54, 1.807) is 4.90 Å². The Labute approximate surface area is 139 Å². The number of aromatic nitrogens is 4. The van der Waals surface area contributed by atoms with E-state index in [-0.39, 0.29) is 18.4 Å². The predicted molar refractivity (Wildman–Crippen MR) is 85.9 cm³/mol. The minimum atomic E-state index is -0.0466. The number of amides is 2. The minimum absolute atomic E-state index is 0.0179. The summed E-state index contributed by atoms with van der Waals surface area (Å²) in [5.41, 5.74) is 0.790. The number of carbonyl (C=O) groups excluding carboxylic acids is 2. The maximum atomic E-state index is 12.1. The molecular weight excluding hydrogens is 310 g/mol. The first kappa shape index (κ1) is 16.1. The molecule has 3 rings (SSSR count). The van der Waals surface area contributed by atoms with Crippen LogP contribution in [0.4, 0.5) is 5.69 Å². The molecule has 0 atom stereocenters. The lowest BCUT2D eigenvalue weighted by Crippen LogP contribution is -2.51. The fourth-order valence-electron chi connectivity index (χ4n) is 2.57. The second kappa shape index (κ2) is 7.64. The number of hydrogen-bond donors (Lipinski definition) is 1. The van der Waals surface area contributed by atoms with Crippen LogP contribution in [0.25, 0.3) is 0 Å². The molecule has 2 aromatic rings. The van der Waals surface area contributed by atoms with Crippen molar-refractivity contribution < 1.29 is 9.59 Å². The van der Waals surface area contributed by atoms with Gasteiger partial charge in [0.1, 0.15) is 12.9 Å². The van der Waals surface area contributed by atoms with Crippen LogP contribution in [-0.4, -0.2) is 74.5 Å². The molecule has 0 aliphatic carbocycles. The molecule has 0 radical (unpaired) electrons. The first-order valence-corrected chi connectivity index (χ1v) is 7.76. The van der Waals surface area contributed by atoms with Gasteiger partial charge in [0.2, 0.25) is 11.8 Å². The number of para-hydroxylation sites is 1. The summed E-state index contributed by atoms with van der Waals surface area (Å²) >= 11 is 0. The van der Waals surface area contributed by atoms with Crippen LogP contribution in [0.15, 0.2) is 36.7 Å². The molecule has 0 unspecified atom stereocenters. The number of tetrazole rings is 1. The zero-order valence-corrected chi connectivity index (χ0v) is 13.2. The maximum Gasteiger partial charge on any atom is 0.244 e. The van der Waals surface area contributed by atoms with Crippen LogP contribution in [0.2, 0.25) is 0 Å². The van der Waals surface area contributed by atoms with Gasteiger partial charge in [0.15, 0.2) is 0 Å². The minimum Gasteiger partial charge on any atom is -0.339 e. The molecule has 126 valence electrons. The number of anilines is 1. The maximum absolute atomic E-state index is 12.1. The van der Waals surface area contributed by atoms with Crippen LogP contribution < -0.4 is 5.32 Å². The van der Waals surface area contributed by atoms with Gasteiger partial charge in [0.05, 0.1) is 6.54 Å². The van der Waals surface area contributed by atoms with Gasteiger partial charge < -0.3 is 10.2 Å². The summed E-state index contributed by atoms with van der Waals surface area (Å²) in [4.78, 5) is 28.0. The van der Waals surface area contributed by atoms with E-state index in [0.717, 1.165) is 5.69 Å². The van der Waals surface area contributed by atoms with E-state index in [2.05, 4.69) is 20.8 Å². The summed E-state index contributed by atoms with van der Waals surface area (Å²) in [5, 5.41) is 13.6. The molecule has 2 amide bonds. The first-order valence-electron chi connectivity index (χ1n) is 7.76. The predicted octanol–water partition coefficient (Wildman–Crippen LogP) is -0.544. The second-order valence-electron chi connectivity index (χ2n) is 5.58. The van der Waals surface area contributed by atoms with E-state index in [0.29, 0.717) is 32.7 Å². The molecule has 1 aromatic heterocycles. The van der Waals surface area contributed by atoms with Crippen molar-refractivity contribution in [3.63, 3.8) is 0 Å². The fourth-order valence-corrected chi connectivity index (χ4v) is 2.57. The zero-order chi connectivity index (χ0) is 16.8. The van der Waals surface area contributed by atoms with Crippen molar-refractivity contribution in [1.82, 2.24) is 30.0 Å². The second-order valence-corrected chi connectivity index (χ2v) is 5.58. The normalized spacial score (nSPS) is 15.2. The molecule has 1 aromatic carbocycles. The summed E-state index contributed by atoms with van der Waals surface area (Å²) in [6.07, 6.45) is 1.42. The molecule has 0 spiro atoms. The van der Waals surface area contributed by atoms with Gasteiger partial charge in [-0.05, 0) is 22.6 Å². The molecule has 1 aliphatic heterocycles. The Morgan fingerprint density at radius 2 is 1.79 bits per heavy atom. The molecule has 1 saturated heterocycles. The Bertz CT molecular complexity index is 666. The number of benzene rings is 1. The van der Waals surface area contributed by atoms with Crippen molar-refractivity contribution in [2.45, 2.75) is 6.54 Å². The van der Waals surface area contributed by atoms with Crippen molar-refractivity contribution in [3.05, 3.63) is 36.7 Å². The Morgan fingerprint density at radius 1 is 1.04 bits per heavy atom. The third-order valence-corrected chi connectivity index (χ3v) is 3.84. The van der Waals surface area contributed by atoms with Gasteiger partial charge in [-0.3, -0.25) is 14.5 Å². The molecule has 1 fully saturated rings. The van der Waals surface area contributed by atoms with E-state index in [9.17, 15) is 9.59 Å². The fraction of sp³-hybridized carbons (Fsp3) is 0.400. The lowest BCUT2D eigenvalue weighted by Gasteiger charge is -2.34. The highest BCUT2D eigenvalue weighted by Crippen LogP contribution is 2.07. The lowest BCUT2D eigenvalue weighted by molar-refractivity contribution is -0.134. The summed E-state index contributed by atoms with van der Waals surface area (Å²) in [5.74, 6) is -0.0645. The number of carbonyl (C=O) groups is 2. The molecule has 0 bridgehead atoms. The molecule has 1 aliphatic rings. The van der Waals surface area contributed by atoms with Gasteiger partial charge in [0, 0.05) is 31.9 Å². The van der Waals surface area contributed by atoms with Crippen molar-refractivity contribution in [1.29, 1.82) is 0 Å². The van der Waals surface area contributed by atoms with Gasteiger partial charge in [-0.15, -0.1) is 5.10 Å². The lowest BCUT2D eigenvalue weighted by atomic mass is 10.3. The highest BCUT2D eigenvalue weighted by atomic mass is 16.2. The summed E-state index contributed by atoms with van der Waals surface area (Å²) in [7, 11) is 0. The third-order valence-electron chi connectivity index (χ3n) is 3.84. The van der Waals surface area contributed by atoms with E-state index in [4.69, 9.17) is 0 Å². The third kappa shape index (κ3) is 4.35. The standard InChI is InChI=1S/C15H19N7O2/c23-14(17-13-4-2-1-3-5-13)10-20-6-8-21(9-7-20)15(24)11-22-12-16-18-19-22/h1-5,12H,6-11H2,(H,17,23). The molecule has 2 heterocycles. The van der Waals surface area contributed by atoms with Crippen molar-refractivity contribution in [2.75, 3.05) is 38.0 Å². The van der Waals surface area contributed by atoms with Gasteiger partial charge >= 0.3 is 0 Å². The monoisotopic (exact) mass is 329 g/mol. The average Bonchev–Trinajstić information content (AvgIpc) is 3.09. The number of nitrogens with zero attached hydrogens (tertiary/aromatic N) is 6. The van der Waals surface area contributed by atoms with Crippen molar-refractivity contribution in [2.24, 2.45) is 0 Å². The number of piperazine rings is 1. The van der Waals surface area contributed by atoms with Crippen LogP contribution >= 0.6 is 0 Å². The zero-order valence-electron chi connectivity index (χ0n) is 13.2. The highest BCUT2D eigenvalue weighted by Gasteiger charge is 2.22. The molecule has 0 saturated carbocycles. The van der Waals surface area contributed by atoms with Crippen LogP contribution in [0, 0.1) is 0 Å². The first-order chi connectivity index (χ1) is 11.7. The van der Waals surface area contributed by atoms with Gasteiger partial charge in [-0.2, -0.15) is 0 Å². The number of hydrogen-bond acceptors (Lipinski definition) is 6. The molecule has 9 heteroatoms. The van der Waals surface area contributed by atoms with E-state index in [1.165, 1.54) is 11.0 Å². The van der Waals surface area contributed by atoms with E-state index >= 15 is 0 Å². The van der Waals surface area contributed by atoms with Crippen molar-refractivity contribution in [3.8, 4) is 0 Å². The number of nitrogens with one attached hydrogen (secondary N) is 1. The van der Waals surface area contributed by atoms with Gasteiger partial charge in [-0.25, -0.2) is 4.68 Å². The van der Waals surface area contributed by atoms with Crippen molar-refractivity contribution >= 4 is 17.5 Å². The van der Waals surface area contributed by atoms with Crippen LogP contribution in [-0.2, 0) is 16.1 Å². The summed E-state index contributed by atoms with van der Waals surface area (Å²) < 4.78 is 1.40. The highest BCUT2D eigenvalue weighted by molar-refractivity contribution is 5.92. The Kier molecular flexibility index (Phi) is 5.12. The largest absolute Gasteiger partial charge is 0.339 e. The van der Waals surface area contributed by atoms with Crippen LogP contribution in [0.1, 0.15) is 0 Å². The Morgan fingerprint density at radius 3 is 2.46 bits per heavy atom. The topological polar surface area (TPSA) is 96.3 Å². The number of rotatable bonds is 5. The molecule has 9 nitrogen and oxygen atoms in total. The summed E-state index contributed by atoms with van der Waals surface area (Å²) in [6.45, 7) is 3.00. The smallest absolute Gasteiger partial charge is 0.244 e. The van der Waals surface area contributed by atoms with Crippen LogP contribution in [0.5, 0.6) is 0 Å². The quantitative estimate of drug-likeness (QED) is 0.791. The molecule has 24 heavy (non-hydrogen) atoms. The molecule has 1 N–H and O–H groups in total. The average molecular weight is 329 g/mol. The molecular formula is C15H19N7O2. The van der Waals surface area contributed by atoms with E-state index < -0.39 is 0 Å². The van der Waals surface area contributed by atoms with Crippen LogP contribution in [0.3, 0.4) is 0 Å². The van der Waals surface area contributed by atoms with Gasteiger partial charge in [-0.1, -0.05) is 18.2 Å². The van der Waals surface area contributed by atoms with Gasteiger partial charge in [0.25, 0.3) is 0 Å². The summed E-state index contributed by atoms with van der Waals surface area (Å²) in [6, 6.07) is 9.37. The Balaban J connectivity index is 1.41. The Hall–Kier alpha value is -2.81. The SMILES string of the molecule is O=C(CN1CCN(C(=O)Cn2cnnn2)CC1)Nc1ccccc1. The van der Waals surface area contributed by atoms with E-state index in [1.807, 2.05) is 35.2 Å².